The van der Waals surface area contributed by atoms with E-state index in [1.807, 2.05) is 72.8 Å². The molecule has 3 nitrogen and oxygen atoms in total. The van der Waals surface area contributed by atoms with Crippen molar-refractivity contribution in [3.63, 3.8) is 0 Å². The monoisotopic (exact) mass is 281 g/mol. The fraction of sp³-hybridized carbons (Fsp3) is 0.167. The molecule has 0 fully saturated rings. The van der Waals surface area contributed by atoms with E-state index in [0.29, 0.717) is 13.0 Å². The average molecular weight is 281 g/mol. The van der Waals surface area contributed by atoms with E-state index in [1.54, 1.807) is 0 Å². The Morgan fingerprint density at radius 3 is 2.29 bits per heavy atom. The van der Waals surface area contributed by atoms with Gasteiger partial charge in [-0.05, 0) is 17.5 Å². The summed E-state index contributed by atoms with van der Waals surface area (Å²) in [6, 6.07) is 19.0. The van der Waals surface area contributed by atoms with Crippen molar-refractivity contribution >= 4 is 12.0 Å². The molecule has 1 atom stereocenters. The van der Waals surface area contributed by atoms with Crippen molar-refractivity contribution < 1.29 is 9.90 Å². The number of benzene rings is 2. The number of nitrogens with one attached hydrogen (secondary N) is 1. The highest BCUT2D eigenvalue weighted by Crippen LogP contribution is 2.04. The van der Waals surface area contributed by atoms with Crippen LogP contribution >= 0.6 is 0 Å². The van der Waals surface area contributed by atoms with Crippen LogP contribution in [-0.2, 0) is 11.2 Å². The first-order valence-electron chi connectivity index (χ1n) is 6.97. The van der Waals surface area contributed by atoms with Gasteiger partial charge in [0.25, 0.3) is 0 Å². The van der Waals surface area contributed by atoms with E-state index in [-0.39, 0.29) is 0 Å². The Kier molecular flexibility index (Phi) is 5.73. The summed E-state index contributed by atoms with van der Waals surface area (Å²) in [5.41, 5.74) is 2.12. The molecule has 0 amide bonds. The van der Waals surface area contributed by atoms with E-state index in [2.05, 4.69) is 5.32 Å². The van der Waals surface area contributed by atoms with Crippen LogP contribution in [0.15, 0.2) is 66.7 Å². The summed E-state index contributed by atoms with van der Waals surface area (Å²) in [4.78, 5) is 11.3. The molecule has 0 aliphatic heterocycles. The second-order valence-electron chi connectivity index (χ2n) is 4.80. The Balaban J connectivity index is 1.86. The fourth-order valence-electron chi connectivity index (χ4n) is 2.07. The molecule has 2 aromatic carbocycles. The first-order chi connectivity index (χ1) is 10.3. The van der Waals surface area contributed by atoms with Crippen molar-refractivity contribution in [1.82, 2.24) is 5.32 Å². The Morgan fingerprint density at radius 1 is 1.05 bits per heavy atom. The molecule has 0 radical (unpaired) electrons. The van der Waals surface area contributed by atoms with Gasteiger partial charge < -0.3 is 10.4 Å². The highest BCUT2D eigenvalue weighted by atomic mass is 16.4. The van der Waals surface area contributed by atoms with Crippen molar-refractivity contribution in [2.75, 3.05) is 6.54 Å². The van der Waals surface area contributed by atoms with Gasteiger partial charge in [-0.15, -0.1) is 0 Å². The molecule has 0 saturated heterocycles. The summed E-state index contributed by atoms with van der Waals surface area (Å²) in [6.07, 6.45) is 4.40. The summed E-state index contributed by atoms with van der Waals surface area (Å²) in [5.74, 6) is -0.827. The zero-order valence-electron chi connectivity index (χ0n) is 11.8. The lowest BCUT2D eigenvalue weighted by Gasteiger charge is -2.13. The van der Waals surface area contributed by atoms with E-state index in [4.69, 9.17) is 0 Å². The molecule has 3 heteroatoms. The molecular weight excluding hydrogens is 262 g/mol. The van der Waals surface area contributed by atoms with Crippen molar-refractivity contribution in [2.45, 2.75) is 12.5 Å². The Hall–Kier alpha value is -2.39. The molecule has 2 rings (SSSR count). The Morgan fingerprint density at radius 2 is 1.67 bits per heavy atom. The standard InChI is InChI=1S/C18H19NO2/c20-18(21)17(14-16-10-5-2-6-11-16)19-13-7-12-15-8-3-1-4-9-15/h1-12,17,19H,13-14H2,(H,20,21)/b12-7+/t17-/m0/s1. The van der Waals surface area contributed by atoms with E-state index in [9.17, 15) is 9.90 Å². The minimum Gasteiger partial charge on any atom is -0.480 e. The zero-order chi connectivity index (χ0) is 14.9. The molecular formula is C18H19NO2. The van der Waals surface area contributed by atoms with E-state index < -0.39 is 12.0 Å². The average Bonchev–Trinajstić information content (AvgIpc) is 2.52. The van der Waals surface area contributed by atoms with Gasteiger partial charge >= 0.3 is 5.97 Å². The first kappa shape index (κ1) is 15.0. The van der Waals surface area contributed by atoms with Crippen LogP contribution in [0.25, 0.3) is 6.08 Å². The highest BCUT2D eigenvalue weighted by Gasteiger charge is 2.16. The summed E-state index contributed by atoms with van der Waals surface area (Å²) < 4.78 is 0. The minimum atomic E-state index is -0.827. The van der Waals surface area contributed by atoms with Crippen LogP contribution < -0.4 is 5.32 Å². The smallest absolute Gasteiger partial charge is 0.321 e. The number of carboxylic acid groups (broad SMARTS) is 1. The van der Waals surface area contributed by atoms with Gasteiger partial charge in [0, 0.05) is 6.54 Å². The van der Waals surface area contributed by atoms with E-state index in [0.717, 1.165) is 11.1 Å². The van der Waals surface area contributed by atoms with Crippen LogP contribution in [0.5, 0.6) is 0 Å². The van der Waals surface area contributed by atoms with Gasteiger partial charge in [0.1, 0.15) is 6.04 Å². The van der Waals surface area contributed by atoms with Crippen molar-refractivity contribution in [1.29, 1.82) is 0 Å². The molecule has 2 N–H and O–H groups in total. The molecule has 0 aromatic heterocycles. The normalized spacial score (nSPS) is 12.4. The predicted octanol–water partition coefficient (Wildman–Crippen LogP) is 2.99. The maximum atomic E-state index is 11.3. The van der Waals surface area contributed by atoms with E-state index >= 15 is 0 Å². The molecule has 0 unspecified atom stereocenters. The molecule has 0 spiro atoms. The Bertz CT molecular complexity index is 579. The largest absolute Gasteiger partial charge is 0.480 e. The van der Waals surface area contributed by atoms with Crippen molar-refractivity contribution in [3.8, 4) is 0 Å². The van der Waals surface area contributed by atoms with Crippen LogP contribution in [-0.4, -0.2) is 23.7 Å². The third-order valence-electron chi connectivity index (χ3n) is 3.17. The summed E-state index contributed by atoms with van der Waals surface area (Å²) in [7, 11) is 0. The van der Waals surface area contributed by atoms with Crippen LogP contribution in [0.2, 0.25) is 0 Å². The maximum absolute atomic E-state index is 11.3. The lowest BCUT2D eigenvalue weighted by molar-refractivity contribution is -0.139. The van der Waals surface area contributed by atoms with Crippen LogP contribution in [0, 0.1) is 0 Å². The second kappa shape index (κ2) is 8.02. The van der Waals surface area contributed by atoms with Gasteiger partial charge in [-0.3, -0.25) is 4.79 Å². The van der Waals surface area contributed by atoms with Gasteiger partial charge in [0.2, 0.25) is 0 Å². The molecule has 21 heavy (non-hydrogen) atoms. The minimum absolute atomic E-state index is 0.481. The molecule has 0 bridgehead atoms. The Labute approximate surface area is 124 Å². The SMILES string of the molecule is O=C(O)[C@H](Cc1ccccc1)NC/C=C/c1ccccc1. The highest BCUT2D eigenvalue weighted by molar-refractivity contribution is 5.74. The number of carbonyl (C=O) groups is 1. The lowest BCUT2D eigenvalue weighted by Crippen LogP contribution is -2.38. The third kappa shape index (κ3) is 5.24. The fourth-order valence-corrected chi connectivity index (χ4v) is 2.07. The first-order valence-corrected chi connectivity index (χ1v) is 6.97. The molecule has 0 aliphatic carbocycles. The quantitative estimate of drug-likeness (QED) is 0.820. The molecule has 2 aromatic rings. The van der Waals surface area contributed by atoms with Gasteiger partial charge in [-0.25, -0.2) is 0 Å². The van der Waals surface area contributed by atoms with Crippen LogP contribution in [0.1, 0.15) is 11.1 Å². The van der Waals surface area contributed by atoms with Gasteiger partial charge in [-0.2, -0.15) is 0 Å². The van der Waals surface area contributed by atoms with E-state index in [1.165, 1.54) is 0 Å². The van der Waals surface area contributed by atoms with Gasteiger partial charge in [0.05, 0.1) is 0 Å². The number of carboxylic acids is 1. The van der Waals surface area contributed by atoms with Gasteiger partial charge in [0.15, 0.2) is 0 Å². The molecule has 0 heterocycles. The number of aliphatic carboxylic acids is 1. The number of hydrogen-bond acceptors (Lipinski definition) is 2. The topological polar surface area (TPSA) is 49.3 Å². The third-order valence-corrected chi connectivity index (χ3v) is 3.17. The summed E-state index contributed by atoms with van der Waals surface area (Å²) >= 11 is 0. The second-order valence-corrected chi connectivity index (χ2v) is 4.80. The maximum Gasteiger partial charge on any atom is 0.321 e. The lowest BCUT2D eigenvalue weighted by atomic mass is 10.1. The van der Waals surface area contributed by atoms with Crippen LogP contribution in [0.3, 0.4) is 0 Å². The van der Waals surface area contributed by atoms with Crippen molar-refractivity contribution in [2.24, 2.45) is 0 Å². The summed E-state index contributed by atoms with van der Waals surface area (Å²) in [6.45, 7) is 0.526. The molecule has 0 saturated carbocycles. The predicted molar refractivity (Wildman–Crippen MR) is 85.0 cm³/mol. The van der Waals surface area contributed by atoms with Crippen molar-refractivity contribution in [3.05, 3.63) is 77.9 Å². The molecule has 108 valence electrons. The number of hydrogen-bond donors (Lipinski definition) is 2. The van der Waals surface area contributed by atoms with Gasteiger partial charge in [-0.1, -0.05) is 72.8 Å². The molecule has 0 aliphatic rings. The zero-order valence-corrected chi connectivity index (χ0v) is 11.8. The number of rotatable bonds is 7. The van der Waals surface area contributed by atoms with Crippen LogP contribution in [0.4, 0.5) is 0 Å². The summed E-state index contributed by atoms with van der Waals surface area (Å²) in [5, 5.41) is 12.3.